The van der Waals surface area contributed by atoms with Gasteiger partial charge in [0.05, 0.1) is 0 Å². The maximum absolute atomic E-state index is 11.2. The lowest BCUT2D eigenvalue weighted by atomic mass is 9.90. The van der Waals surface area contributed by atoms with Crippen molar-refractivity contribution in [1.82, 2.24) is 5.32 Å². The Balaban J connectivity index is 2.24. The van der Waals surface area contributed by atoms with Gasteiger partial charge in [-0.3, -0.25) is 4.79 Å². The summed E-state index contributed by atoms with van der Waals surface area (Å²) in [5.41, 5.74) is 0. The van der Waals surface area contributed by atoms with Crippen LogP contribution in [0.5, 0.6) is 0 Å². The van der Waals surface area contributed by atoms with Crippen LogP contribution in [0, 0.1) is 5.92 Å². The summed E-state index contributed by atoms with van der Waals surface area (Å²) in [7, 11) is 0. The predicted octanol–water partition coefficient (Wildman–Crippen LogP) is 1.18. The number of rotatable bonds is 3. The molecule has 0 spiro atoms. The highest BCUT2D eigenvalue weighted by Gasteiger charge is 2.17. The lowest BCUT2D eigenvalue weighted by Crippen LogP contribution is -2.26. The van der Waals surface area contributed by atoms with Gasteiger partial charge in [-0.15, -0.1) is 0 Å². The van der Waals surface area contributed by atoms with Crippen LogP contribution in [0.25, 0.3) is 0 Å². The van der Waals surface area contributed by atoms with Crippen molar-refractivity contribution in [3.63, 3.8) is 0 Å². The van der Waals surface area contributed by atoms with Crippen molar-refractivity contribution in [1.29, 1.82) is 0 Å². The Morgan fingerprint density at radius 1 is 1.69 bits per heavy atom. The fourth-order valence-corrected chi connectivity index (χ4v) is 1.42. The zero-order chi connectivity index (χ0) is 9.68. The molecule has 0 fully saturated rings. The molecule has 0 saturated heterocycles. The van der Waals surface area contributed by atoms with Gasteiger partial charge in [0.2, 0.25) is 0 Å². The van der Waals surface area contributed by atoms with Gasteiger partial charge in [0.1, 0.15) is 0 Å². The Bertz CT molecular complexity index is 235. The van der Waals surface area contributed by atoms with Crippen LogP contribution < -0.4 is 5.32 Å². The third kappa shape index (κ3) is 3.27. The minimum Gasteiger partial charge on any atom is -0.465 e. The van der Waals surface area contributed by atoms with Crippen molar-refractivity contribution in [2.45, 2.75) is 19.3 Å². The van der Waals surface area contributed by atoms with E-state index in [-0.39, 0.29) is 11.7 Å². The van der Waals surface area contributed by atoms with Gasteiger partial charge in [-0.05, 0) is 25.3 Å². The molecule has 1 rings (SSSR count). The number of carbonyl (C=O) groups excluding carboxylic acids is 1. The molecule has 0 aromatic rings. The molecule has 1 aliphatic rings. The highest BCUT2D eigenvalue weighted by molar-refractivity contribution is 5.92. The summed E-state index contributed by atoms with van der Waals surface area (Å²) < 4.78 is 0. The SMILES string of the molecule is O=C(O)NCCC1CCC=CC1=O. The number of nitrogens with one attached hydrogen (secondary N) is 1. The van der Waals surface area contributed by atoms with Gasteiger partial charge in [-0.1, -0.05) is 6.08 Å². The van der Waals surface area contributed by atoms with Crippen LogP contribution >= 0.6 is 0 Å². The summed E-state index contributed by atoms with van der Waals surface area (Å²) in [6.45, 7) is 0.361. The standard InChI is InChI=1S/C9H13NO3/c11-8-4-2-1-3-7(8)5-6-10-9(12)13/h2,4,7,10H,1,3,5-6H2,(H,12,13). The minimum absolute atomic E-state index is 0.0110. The Morgan fingerprint density at radius 2 is 2.46 bits per heavy atom. The molecule has 1 aliphatic carbocycles. The molecule has 13 heavy (non-hydrogen) atoms. The summed E-state index contributed by atoms with van der Waals surface area (Å²) in [6.07, 6.45) is 4.80. The number of ketones is 1. The fourth-order valence-electron chi connectivity index (χ4n) is 1.42. The third-order valence-electron chi connectivity index (χ3n) is 2.14. The Kier molecular flexibility index (Phi) is 3.49. The second kappa shape index (κ2) is 4.64. The molecule has 0 aliphatic heterocycles. The average Bonchev–Trinajstić information content (AvgIpc) is 2.08. The van der Waals surface area contributed by atoms with Gasteiger partial charge in [0.25, 0.3) is 0 Å². The Hall–Kier alpha value is -1.32. The molecule has 0 aromatic heterocycles. The molecule has 72 valence electrons. The Labute approximate surface area is 76.6 Å². The van der Waals surface area contributed by atoms with Crippen LogP contribution in [-0.4, -0.2) is 23.5 Å². The first-order valence-electron chi connectivity index (χ1n) is 4.37. The van der Waals surface area contributed by atoms with Gasteiger partial charge < -0.3 is 10.4 Å². The first kappa shape index (κ1) is 9.77. The van der Waals surface area contributed by atoms with E-state index in [1.165, 1.54) is 0 Å². The van der Waals surface area contributed by atoms with Crippen LogP contribution in [0.15, 0.2) is 12.2 Å². The second-order valence-corrected chi connectivity index (χ2v) is 3.10. The minimum atomic E-state index is -1.03. The highest BCUT2D eigenvalue weighted by atomic mass is 16.4. The largest absolute Gasteiger partial charge is 0.465 e. The highest BCUT2D eigenvalue weighted by Crippen LogP contribution is 2.17. The van der Waals surface area contributed by atoms with E-state index in [9.17, 15) is 9.59 Å². The van der Waals surface area contributed by atoms with E-state index in [0.717, 1.165) is 12.8 Å². The first-order chi connectivity index (χ1) is 6.20. The van der Waals surface area contributed by atoms with E-state index in [4.69, 9.17) is 5.11 Å². The van der Waals surface area contributed by atoms with Crippen LogP contribution in [-0.2, 0) is 4.79 Å². The van der Waals surface area contributed by atoms with Crippen molar-refractivity contribution in [2.24, 2.45) is 5.92 Å². The van der Waals surface area contributed by atoms with Gasteiger partial charge in [0, 0.05) is 12.5 Å². The first-order valence-corrected chi connectivity index (χ1v) is 4.37. The molecule has 1 amide bonds. The van der Waals surface area contributed by atoms with Crippen LogP contribution in [0.3, 0.4) is 0 Å². The van der Waals surface area contributed by atoms with Crippen molar-refractivity contribution in [3.05, 3.63) is 12.2 Å². The van der Waals surface area contributed by atoms with Gasteiger partial charge in [-0.2, -0.15) is 0 Å². The van der Waals surface area contributed by atoms with Gasteiger partial charge >= 0.3 is 6.09 Å². The molecule has 0 heterocycles. The summed E-state index contributed by atoms with van der Waals surface area (Å²) in [5.74, 6) is 0.135. The second-order valence-electron chi connectivity index (χ2n) is 3.10. The number of hydrogen-bond acceptors (Lipinski definition) is 2. The van der Waals surface area contributed by atoms with E-state index in [0.29, 0.717) is 13.0 Å². The monoisotopic (exact) mass is 183 g/mol. The molecule has 0 aromatic carbocycles. The predicted molar refractivity (Wildman–Crippen MR) is 47.5 cm³/mol. The number of carboxylic acid groups (broad SMARTS) is 1. The molecule has 4 nitrogen and oxygen atoms in total. The molecule has 0 radical (unpaired) electrons. The zero-order valence-corrected chi connectivity index (χ0v) is 7.32. The molecular weight excluding hydrogens is 170 g/mol. The maximum atomic E-state index is 11.2. The van der Waals surface area contributed by atoms with Crippen molar-refractivity contribution < 1.29 is 14.7 Å². The fraction of sp³-hybridized carbons (Fsp3) is 0.556. The van der Waals surface area contributed by atoms with Crippen LogP contribution in [0.4, 0.5) is 4.79 Å². The molecule has 4 heteroatoms. The summed E-state index contributed by atoms with van der Waals surface area (Å²) in [4.78, 5) is 21.3. The third-order valence-corrected chi connectivity index (χ3v) is 2.14. The lowest BCUT2D eigenvalue weighted by molar-refractivity contribution is -0.118. The molecule has 0 bridgehead atoms. The average molecular weight is 183 g/mol. The van der Waals surface area contributed by atoms with E-state index in [1.807, 2.05) is 6.08 Å². The summed E-state index contributed by atoms with van der Waals surface area (Å²) >= 11 is 0. The van der Waals surface area contributed by atoms with E-state index < -0.39 is 6.09 Å². The topological polar surface area (TPSA) is 66.4 Å². The van der Waals surface area contributed by atoms with Crippen molar-refractivity contribution in [2.75, 3.05) is 6.54 Å². The maximum Gasteiger partial charge on any atom is 0.404 e. The zero-order valence-electron chi connectivity index (χ0n) is 7.32. The number of carbonyl (C=O) groups is 2. The van der Waals surface area contributed by atoms with E-state index >= 15 is 0 Å². The van der Waals surface area contributed by atoms with E-state index in [1.54, 1.807) is 6.08 Å². The lowest BCUT2D eigenvalue weighted by Gasteiger charge is -2.15. The quantitative estimate of drug-likeness (QED) is 0.690. The van der Waals surface area contributed by atoms with Crippen LogP contribution in [0.1, 0.15) is 19.3 Å². The van der Waals surface area contributed by atoms with Crippen LogP contribution in [0.2, 0.25) is 0 Å². The molecule has 2 N–H and O–H groups in total. The normalized spacial score (nSPS) is 21.5. The smallest absolute Gasteiger partial charge is 0.404 e. The summed E-state index contributed by atoms with van der Waals surface area (Å²) in [5, 5.41) is 10.6. The van der Waals surface area contributed by atoms with Gasteiger partial charge in [-0.25, -0.2) is 4.79 Å². The van der Waals surface area contributed by atoms with Gasteiger partial charge in [0.15, 0.2) is 5.78 Å². The number of hydrogen-bond donors (Lipinski definition) is 2. The number of amides is 1. The van der Waals surface area contributed by atoms with E-state index in [2.05, 4.69) is 5.32 Å². The molecule has 1 unspecified atom stereocenters. The number of allylic oxidation sites excluding steroid dienone is 2. The summed E-state index contributed by atoms with van der Waals surface area (Å²) in [6, 6.07) is 0. The molecule has 1 atom stereocenters. The Morgan fingerprint density at radius 3 is 3.08 bits per heavy atom. The van der Waals surface area contributed by atoms with Crippen molar-refractivity contribution >= 4 is 11.9 Å². The molecule has 0 saturated carbocycles. The molecular formula is C9H13NO3. The van der Waals surface area contributed by atoms with Crippen molar-refractivity contribution in [3.8, 4) is 0 Å².